The van der Waals surface area contributed by atoms with Gasteiger partial charge in [0, 0.05) is 36.7 Å². The standard InChI is InChI=1S/C15H17NO2.C15H21NO.C8H15NO/c1-15(2)11-10-8-18-14(9-6-4-3-5-7-9)16(10)13(17)12(11)15;1-15(2)12-9-16(13(10-17)14(12)15)8-11-6-4-3-5-7-11;1-8(2)5-3-9-6(4-10)7(5)8/h3-7,10-12,14H,8H2,1-2H3;3-7,12-14,17H,8-10H2,1-2H3;5-7,9-10H,3-4H2,1-2H3/t10?,11-,12?,14?;12?,13?,14-;5?,6?,7-/m100/s1. The molecule has 7 nitrogen and oxygen atoms in total. The number of carbonyl (C=O) groups is 1. The van der Waals surface area contributed by atoms with Crippen molar-refractivity contribution in [2.45, 2.75) is 72.4 Å². The molecule has 4 saturated heterocycles. The summed E-state index contributed by atoms with van der Waals surface area (Å²) in [4.78, 5) is 16.9. The number of ether oxygens (including phenoxy) is 1. The van der Waals surface area contributed by atoms with E-state index in [1.54, 1.807) is 0 Å². The molecular weight excluding hydrogens is 562 g/mol. The number of likely N-dealkylation sites (tertiary alicyclic amines) is 1. The van der Waals surface area contributed by atoms with Gasteiger partial charge in [-0.1, -0.05) is 102 Å². The predicted molar refractivity (Wildman–Crippen MR) is 175 cm³/mol. The Bertz CT molecular complexity index is 1380. The van der Waals surface area contributed by atoms with Crippen molar-refractivity contribution in [3.05, 3.63) is 71.8 Å². The molecule has 7 fully saturated rings. The van der Waals surface area contributed by atoms with Gasteiger partial charge < -0.3 is 25.2 Å². The van der Waals surface area contributed by atoms with Gasteiger partial charge in [0.1, 0.15) is 0 Å². The van der Waals surface area contributed by atoms with Crippen molar-refractivity contribution in [3.8, 4) is 0 Å². The van der Waals surface area contributed by atoms with Crippen LogP contribution in [0.4, 0.5) is 0 Å². The van der Waals surface area contributed by atoms with Crippen LogP contribution in [0.2, 0.25) is 0 Å². The van der Waals surface area contributed by atoms with Crippen molar-refractivity contribution in [1.29, 1.82) is 0 Å². The summed E-state index contributed by atoms with van der Waals surface area (Å²) >= 11 is 0. The van der Waals surface area contributed by atoms with Gasteiger partial charge in [-0.15, -0.1) is 0 Å². The minimum Gasteiger partial charge on any atom is -0.395 e. The zero-order valence-electron chi connectivity index (χ0n) is 27.9. The lowest BCUT2D eigenvalue weighted by Crippen LogP contribution is -2.38. The first-order valence-electron chi connectivity index (χ1n) is 17.2. The molecule has 3 N–H and O–H groups in total. The Morgan fingerprint density at radius 3 is 2.04 bits per heavy atom. The van der Waals surface area contributed by atoms with Crippen LogP contribution in [0.3, 0.4) is 0 Å². The van der Waals surface area contributed by atoms with Crippen LogP contribution < -0.4 is 5.32 Å². The van der Waals surface area contributed by atoms with Crippen LogP contribution in [-0.2, 0) is 16.1 Å². The summed E-state index contributed by atoms with van der Waals surface area (Å²) < 4.78 is 5.87. The summed E-state index contributed by atoms with van der Waals surface area (Å²) in [5.74, 6) is 4.11. The van der Waals surface area contributed by atoms with E-state index in [2.05, 4.69) is 82.1 Å². The highest BCUT2D eigenvalue weighted by atomic mass is 16.5. The average Bonchev–Trinajstić information content (AvgIpc) is 3.59. The molecule has 4 aliphatic heterocycles. The molecule has 2 aromatic rings. The van der Waals surface area contributed by atoms with Gasteiger partial charge in [-0.2, -0.15) is 0 Å². The SMILES string of the molecule is CC1(C)C2C(=O)N3C(c4ccccc4)OCC3[C@H]21.CC1(C)C2CN(Cc3ccccc3)C(CO)[C@H]21.CC1(C)C2CNC(CO)[C@H]21. The van der Waals surface area contributed by atoms with Crippen LogP contribution in [0.1, 0.15) is 58.9 Å². The Labute approximate surface area is 269 Å². The molecule has 45 heavy (non-hydrogen) atoms. The summed E-state index contributed by atoms with van der Waals surface area (Å²) in [5.41, 5.74) is 3.60. The summed E-state index contributed by atoms with van der Waals surface area (Å²) in [6.45, 7) is 18.2. The topological polar surface area (TPSA) is 85.3 Å². The zero-order valence-corrected chi connectivity index (χ0v) is 27.9. The molecule has 7 heteroatoms. The number of fused-ring (bicyclic) bond motifs is 5. The molecule has 3 saturated carbocycles. The number of nitrogens with one attached hydrogen (secondary N) is 1. The van der Waals surface area contributed by atoms with Gasteiger partial charge in [-0.25, -0.2) is 0 Å². The van der Waals surface area contributed by atoms with Gasteiger partial charge in [-0.3, -0.25) is 9.69 Å². The fourth-order valence-electron chi connectivity index (χ4n) is 10.3. The van der Waals surface area contributed by atoms with Gasteiger partial charge in [0.15, 0.2) is 6.23 Å². The van der Waals surface area contributed by atoms with E-state index in [0.29, 0.717) is 66.5 Å². The Kier molecular flexibility index (Phi) is 7.77. The van der Waals surface area contributed by atoms with Gasteiger partial charge in [0.2, 0.25) is 5.91 Å². The molecule has 0 aromatic heterocycles. The lowest BCUT2D eigenvalue weighted by molar-refractivity contribution is -0.137. The van der Waals surface area contributed by atoms with Crippen molar-refractivity contribution in [2.24, 2.45) is 51.8 Å². The van der Waals surface area contributed by atoms with E-state index in [4.69, 9.17) is 9.84 Å². The monoisotopic (exact) mass is 615 g/mol. The second-order valence-corrected chi connectivity index (χ2v) is 16.5. The molecule has 244 valence electrons. The highest BCUT2D eigenvalue weighted by Gasteiger charge is 2.74. The number of carbonyl (C=O) groups excluding carboxylic acids is 1. The number of hydrogen-bond acceptors (Lipinski definition) is 6. The quantitative estimate of drug-likeness (QED) is 0.458. The summed E-state index contributed by atoms with van der Waals surface area (Å²) in [7, 11) is 0. The van der Waals surface area contributed by atoms with Crippen LogP contribution in [0, 0.1) is 51.8 Å². The number of nitrogens with zero attached hydrogens (tertiary/aromatic N) is 2. The van der Waals surface area contributed by atoms with Crippen molar-refractivity contribution in [1.82, 2.24) is 15.1 Å². The van der Waals surface area contributed by atoms with Crippen molar-refractivity contribution in [2.75, 3.05) is 32.9 Å². The smallest absolute Gasteiger partial charge is 0.229 e. The number of benzene rings is 2. The molecule has 0 spiro atoms. The van der Waals surface area contributed by atoms with Gasteiger partial charge >= 0.3 is 0 Å². The molecule has 7 aliphatic rings. The predicted octanol–water partition coefficient (Wildman–Crippen LogP) is 4.56. The molecule has 1 amide bonds. The fraction of sp³-hybridized carbons (Fsp3) is 0.658. The molecule has 3 aliphatic carbocycles. The molecule has 4 heterocycles. The van der Waals surface area contributed by atoms with E-state index >= 15 is 0 Å². The van der Waals surface area contributed by atoms with E-state index in [-0.39, 0.29) is 17.6 Å². The van der Waals surface area contributed by atoms with Crippen molar-refractivity contribution < 1.29 is 19.7 Å². The van der Waals surface area contributed by atoms with Crippen LogP contribution in [0.15, 0.2) is 60.7 Å². The normalized spacial score (nSPS) is 39.8. The lowest BCUT2D eigenvalue weighted by atomic mass is 10.0. The second kappa shape index (κ2) is 11.2. The molecule has 0 bridgehead atoms. The number of amides is 1. The Morgan fingerprint density at radius 2 is 1.47 bits per heavy atom. The molecule has 0 radical (unpaired) electrons. The van der Waals surface area contributed by atoms with E-state index in [1.165, 1.54) is 5.56 Å². The first-order valence-corrected chi connectivity index (χ1v) is 17.2. The third-order valence-electron chi connectivity index (χ3n) is 13.2. The van der Waals surface area contributed by atoms with Crippen LogP contribution in [0.5, 0.6) is 0 Å². The summed E-state index contributed by atoms with van der Waals surface area (Å²) in [6.07, 6.45) is -0.160. The van der Waals surface area contributed by atoms with Crippen molar-refractivity contribution >= 4 is 5.91 Å². The Balaban J connectivity index is 0.000000113. The molecule has 9 rings (SSSR count). The minimum atomic E-state index is -0.160. The van der Waals surface area contributed by atoms with E-state index in [1.807, 2.05) is 35.2 Å². The molecule has 10 atom stereocenters. The lowest BCUT2D eigenvalue weighted by Gasteiger charge is -2.29. The number of aliphatic hydroxyl groups excluding tert-OH is 2. The van der Waals surface area contributed by atoms with Crippen LogP contribution >= 0.6 is 0 Å². The van der Waals surface area contributed by atoms with Gasteiger partial charge in [-0.05, 0) is 57.9 Å². The average molecular weight is 616 g/mol. The fourth-order valence-corrected chi connectivity index (χ4v) is 10.3. The molecule has 7 unspecified atom stereocenters. The van der Waals surface area contributed by atoms with Crippen LogP contribution in [-0.4, -0.2) is 77.0 Å². The highest BCUT2D eigenvalue weighted by molar-refractivity contribution is 5.87. The Morgan fingerprint density at radius 1 is 0.822 bits per heavy atom. The first kappa shape index (κ1) is 31.3. The number of piperidine rings is 3. The van der Waals surface area contributed by atoms with E-state index in [9.17, 15) is 9.90 Å². The largest absolute Gasteiger partial charge is 0.395 e. The summed E-state index contributed by atoms with van der Waals surface area (Å²) in [6, 6.07) is 21.7. The minimum absolute atomic E-state index is 0.160. The second-order valence-electron chi connectivity index (χ2n) is 16.5. The van der Waals surface area contributed by atoms with Crippen LogP contribution in [0.25, 0.3) is 0 Å². The maximum absolute atomic E-state index is 12.5. The zero-order chi connectivity index (χ0) is 31.9. The molecule has 2 aromatic carbocycles. The number of hydrogen-bond donors (Lipinski definition) is 3. The van der Waals surface area contributed by atoms with Crippen molar-refractivity contribution in [3.63, 3.8) is 0 Å². The maximum atomic E-state index is 12.5. The third kappa shape index (κ3) is 5.09. The van der Waals surface area contributed by atoms with E-state index in [0.717, 1.165) is 43.0 Å². The first-order chi connectivity index (χ1) is 21.4. The van der Waals surface area contributed by atoms with Gasteiger partial charge in [0.05, 0.1) is 25.9 Å². The van der Waals surface area contributed by atoms with Gasteiger partial charge in [0.25, 0.3) is 0 Å². The number of rotatable bonds is 5. The Hall–Kier alpha value is -2.29. The highest BCUT2D eigenvalue weighted by Crippen LogP contribution is 2.68. The summed E-state index contributed by atoms with van der Waals surface area (Å²) in [5, 5.41) is 21.8. The maximum Gasteiger partial charge on any atom is 0.229 e. The third-order valence-corrected chi connectivity index (χ3v) is 13.2. The van der Waals surface area contributed by atoms with E-state index < -0.39 is 0 Å². The number of aliphatic hydroxyl groups is 2. The molecular formula is C38H53N3O4.